The minimum Gasteiger partial charge on any atom is -0.493 e. The molecule has 0 aliphatic carbocycles. The molecule has 0 atom stereocenters. The highest BCUT2D eigenvalue weighted by molar-refractivity contribution is 5.60. The number of benzene rings is 2. The number of nitrogens with two attached hydrogens (primary N) is 1. The summed E-state index contributed by atoms with van der Waals surface area (Å²) < 4.78 is 16.3. The minimum atomic E-state index is 0.209. The summed E-state index contributed by atoms with van der Waals surface area (Å²) in [5.74, 6) is 2.13. The summed E-state index contributed by atoms with van der Waals surface area (Å²) in [6.45, 7) is 0.654. The summed E-state index contributed by atoms with van der Waals surface area (Å²) in [5.41, 5.74) is 7.34. The van der Waals surface area contributed by atoms with Crippen molar-refractivity contribution >= 4 is 0 Å². The van der Waals surface area contributed by atoms with Crippen LogP contribution in [0.3, 0.4) is 0 Å². The highest BCUT2D eigenvalue weighted by Crippen LogP contribution is 2.32. The van der Waals surface area contributed by atoms with Gasteiger partial charge in [-0.2, -0.15) is 4.98 Å². The second-order valence-corrected chi connectivity index (χ2v) is 4.86. The fourth-order valence-corrected chi connectivity index (χ4v) is 2.12. The Morgan fingerprint density at radius 1 is 1.09 bits per heavy atom. The van der Waals surface area contributed by atoms with E-state index >= 15 is 0 Å². The van der Waals surface area contributed by atoms with Crippen LogP contribution in [-0.4, -0.2) is 17.3 Å². The maximum absolute atomic E-state index is 5.87. The smallest absolute Gasteiger partial charge is 0.240 e. The van der Waals surface area contributed by atoms with Gasteiger partial charge in [0.2, 0.25) is 11.7 Å². The van der Waals surface area contributed by atoms with Crippen molar-refractivity contribution in [3.05, 3.63) is 60.0 Å². The molecule has 0 saturated heterocycles. The van der Waals surface area contributed by atoms with Gasteiger partial charge in [-0.25, -0.2) is 0 Å². The van der Waals surface area contributed by atoms with Crippen molar-refractivity contribution in [1.82, 2.24) is 10.1 Å². The molecular formula is C17H17N3O3. The van der Waals surface area contributed by atoms with Crippen LogP contribution in [0.5, 0.6) is 11.5 Å². The molecule has 6 heteroatoms. The molecule has 0 bridgehead atoms. The molecule has 0 unspecified atom stereocenters. The van der Waals surface area contributed by atoms with Gasteiger partial charge >= 0.3 is 0 Å². The third-order valence-corrected chi connectivity index (χ3v) is 3.30. The maximum atomic E-state index is 5.87. The van der Waals surface area contributed by atoms with Crippen molar-refractivity contribution in [2.75, 3.05) is 7.11 Å². The zero-order chi connectivity index (χ0) is 16.1. The molecule has 0 fully saturated rings. The van der Waals surface area contributed by atoms with Crippen LogP contribution < -0.4 is 15.2 Å². The third-order valence-electron chi connectivity index (χ3n) is 3.30. The summed E-state index contributed by atoms with van der Waals surface area (Å²) in [4.78, 5) is 4.21. The first-order valence-corrected chi connectivity index (χ1v) is 7.18. The van der Waals surface area contributed by atoms with Crippen LogP contribution in [0.15, 0.2) is 53.1 Å². The van der Waals surface area contributed by atoms with E-state index in [0.29, 0.717) is 29.8 Å². The van der Waals surface area contributed by atoms with E-state index in [0.717, 1.165) is 11.1 Å². The molecule has 0 radical (unpaired) electrons. The fraction of sp³-hybridized carbons (Fsp3) is 0.176. The molecule has 0 aliphatic heterocycles. The van der Waals surface area contributed by atoms with Gasteiger partial charge in [0.05, 0.1) is 13.7 Å². The third kappa shape index (κ3) is 3.49. The molecule has 3 rings (SSSR count). The van der Waals surface area contributed by atoms with E-state index in [-0.39, 0.29) is 6.54 Å². The molecule has 1 aromatic heterocycles. The van der Waals surface area contributed by atoms with E-state index in [1.165, 1.54) is 0 Å². The molecule has 0 aliphatic rings. The monoisotopic (exact) mass is 311 g/mol. The molecular weight excluding hydrogens is 294 g/mol. The van der Waals surface area contributed by atoms with E-state index < -0.39 is 0 Å². The Morgan fingerprint density at radius 2 is 1.91 bits per heavy atom. The first-order chi connectivity index (χ1) is 11.3. The molecule has 118 valence electrons. The van der Waals surface area contributed by atoms with Crippen molar-refractivity contribution in [3.63, 3.8) is 0 Å². The molecule has 2 N–H and O–H groups in total. The van der Waals surface area contributed by atoms with Crippen LogP contribution in [0.4, 0.5) is 0 Å². The van der Waals surface area contributed by atoms with Crippen LogP contribution in [0.25, 0.3) is 11.4 Å². The Balaban J connectivity index is 1.84. The highest BCUT2D eigenvalue weighted by atomic mass is 16.5. The van der Waals surface area contributed by atoms with Crippen LogP contribution in [0, 0.1) is 0 Å². The minimum absolute atomic E-state index is 0.209. The van der Waals surface area contributed by atoms with E-state index in [4.69, 9.17) is 19.7 Å². The number of aromatic nitrogens is 2. The topological polar surface area (TPSA) is 83.4 Å². The first-order valence-electron chi connectivity index (χ1n) is 7.18. The predicted octanol–water partition coefficient (Wildman–Crippen LogP) is 2.78. The average Bonchev–Trinajstić information content (AvgIpc) is 3.10. The van der Waals surface area contributed by atoms with Gasteiger partial charge in [0.25, 0.3) is 0 Å². The van der Waals surface area contributed by atoms with Crippen LogP contribution >= 0.6 is 0 Å². The molecule has 1 heterocycles. The van der Waals surface area contributed by atoms with Gasteiger partial charge in [-0.3, -0.25) is 0 Å². The molecule has 3 aromatic rings. The summed E-state index contributed by atoms with van der Waals surface area (Å²) in [6, 6.07) is 15.4. The zero-order valence-corrected chi connectivity index (χ0v) is 12.7. The predicted molar refractivity (Wildman–Crippen MR) is 85.0 cm³/mol. The number of hydrogen-bond acceptors (Lipinski definition) is 6. The first kappa shape index (κ1) is 15.1. The quantitative estimate of drug-likeness (QED) is 0.753. The van der Waals surface area contributed by atoms with Crippen molar-refractivity contribution in [2.45, 2.75) is 13.2 Å². The number of nitrogens with zero attached hydrogens (tertiary/aromatic N) is 2. The van der Waals surface area contributed by atoms with Crippen LogP contribution in [-0.2, 0) is 13.2 Å². The maximum Gasteiger partial charge on any atom is 0.240 e. The van der Waals surface area contributed by atoms with Gasteiger partial charge in [-0.05, 0) is 23.8 Å². The number of ether oxygens (including phenoxy) is 2. The average molecular weight is 311 g/mol. The second-order valence-electron chi connectivity index (χ2n) is 4.86. The fourth-order valence-electron chi connectivity index (χ4n) is 2.12. The second kappa shape index (κ2) is 6.93. The van der Waals surface area contributed by atoms with Crippen molar-refractivity contribution < 1.29 is 14.0 Å². The standard InChI is InChI=1S/C17H17N3O3/c1-21-14-8-7-13(17-19-16(10-18)23-20-17)9-15(14)22-11-12-5-3-2-4-6-12/h2-9H,10-11,18H2,1H3. The van der Waals surface area contributed by atoms with Gasteiger partial charge in [0.1, 0.15) is 6.61 Å². The number of methoxy groups -OCH3 is 1. The molecule has 2 aromatic carbocycles. The largest absolute Gasteiger partial charge is 0.493 e. The summed E-state index contributed by atoms with van der Waals surface area (Å²) in [7, 11) is 1.60. The molecule has 0 saturated carbocycles. The normalized spacial score (nSPS) is 10.5. The van der Waals surface area contributed by atoms with Gasteiger partial charge in [-0.1, -0.05) is 35.5 Å². The van der Waals surface area contributed by atoms with Crippen molar-refractivity contribution in [3.8, 4) is 22.9 Å². The Kier molecular flexibility index (Phi) is 4.54. The van der Waals surface area contributed by atoms with Gasteiger partial charge < -0.3 is 19.7 Å². The SMILES string of the molecule is COc1ccc(-c2noc(CN)n2)cc1OCc1ccccc1. The van der Waals surface area contributed by atoms with E-state index in [1.807, 2.05) is 48.5 Å². The van der Waals surface area contributed by atoms with Crippen LogP contribution in [0.2, 0.25) is 0 Å². The molecule has 23 heavy (non-hydrogen) atoms. The molecule has 0 spiro atoms. The lowest BCUT2D eigenvalue weighted by Gasteiger charge is -2.11. The lowest BCUT2D eigenvalue weighted by molar-refractivity contribution is 0.284. The lowest BCUT2D eigenvalue weighted by Crippen LogP contribution is -1.98. The Bertz CT molecular complexity index is 772. The van der Waals surface area contributed by atoms with E-state index in [9.17, 15) is 0 Å². The highest BCUT2D eigenvalue weighted by Gasteiger charge is 2.12. The van der Waals surface area contributed by atoms with Crippen LogP contribution in [0.1, 0.15) is 11.5 Å². The van der Waals surface area contributed by atoms with E-state index in [1.54, 1.807) is 7.11 Å². The van der Waals surface area contributed by atoms with Crippen molar-refractivity contribution in [2.24, 2.45) is 5.73 Å². The van der Waals surface area contributed by atoms with Gasteiger partial charge in [0, 0.05) is 5.56 Å². The van der Waals surface area contributed by atoms with Crippen molar-refractivity contribution in [1.29, 1.82) is 0 Å². The van der Waals surface area contributed by atoms with E-state index in [2.05, 4.69) is 10.1 Å². The Labute approximate surface area is 133 Å². The molecule has 0 amide bonds. The van der Waals surface area contributed by atoms with Gasteiger partial charge in [0.15, 0.2) is 11.5 Å². The van der Waals surface area contributed by atoms with Gasteiger partial charge in [-0.15, -0.1) is 0 Å². The summed E-state index contributed by atoms with van der Waals surface area (Å²) in [5, 5.41) is 3.91. The Hall–Kier alpha value is -2.86. The number of rotatable bonds is 6. The molecule has 6 nitrogen and oxygen atoms in total. The zero-order valence-electron chi connectivity index (χ0n) is 12.7. The number of hydrogen-bond donors (Lipinski definition) is 1. The summed E-state index contributed by atoms with van der Waals surface area (Å²) in [6.07, 6.45) is 0. The summed E-state index contributed by atoms with van der Waals surface area (Å²) >= 11 is 0. The Morgan fingerprint density at radius 3 is 2.61 bits per heavy atom. The lowest BCUT2D eigenvalue weighted by atomic mass is 10.2.